The zero-order valence-electron chi connectivity index (χ0n) is 14.6. The Bertz CT molecular complexity index is 585. The molecule has 25 heavy (non-hydrogen) atoms. The van der Waals surface area contributed by atoms with Gasteiger partial charge in [0.1, 0.15) is 5.60 Å². The maximum Gasteiger partial charge on any atom is 0.320 e. The maximum absolute atomic E-state index is 12.4. The van der Waals surface area contributed by atoms with Crippen LogP contribution in [0.15, 0.2) is 18.6 Å². The minimum atomic E-state index is -0.120. The van der Waals surface area contributed by atoms with Crippen LogP contribution in [0.4, 0.5) is 4.79 Å². The van der Waals surface area contributed by atoms with Gasteiger partial charge in [-0.05, 0) is 38.0 Å². The number of hydrogen-bond donors (Lipinski definition) is 0. The van der Waals surface area contributed by atoms with Gasteiger partial charge in [0.15, 0.2) is 0 Å². The molecule has 0 aromatic carbocycles. The fourth-order valence-corrected chi connectivity index (χ4v) is 4.18. The number of rotatable bonds is 4. The lowest BCUT2D eigenvalue weighted by Crippen LogP contribution is -2.68. The molecule has 3 saturated heterocycles. The predicted octanol–water partition coefficient (Wildman–Crippen LogP) is 1.94. The van der Waals surface area contributed by atoms with Gasteiger partial charge >= 0.3 is 6.03 Å². The Morgan fingerprint density at radius 1 is 1.28 bits per heavy atom. The third-order valence-corrected chi connectivity index (χ3v) is 5.52. The van der Waals surface area contributed by atoms with Crippen molar-refractivity contribution in [2.75, 3.05) is 39.4 Å². The largest absolute Gasteiger partial charge is 0.477 e. The van der Waals surface area contributed by atoms with Crippen molar-refractivity contribution >= 4 is 6.03 Å². The van der Waals surface area contributed by atoms with Gasteiger partial charge in [0.2, 0.25) is 5.88 Å². The van der Waals surface area contributed by atoms with Crippen LogP contribution in [0, 0.1) is 5.92 Å². The molecule has 2 amide bonds. The second-order valence-electron chi connectivity index (χ2n) is 7.40. The quantitative estimate of drug-likeness (QED) is 0.833. The average molecular weight is 346 g/mol. The molecule has 7 nitrogen and oxygen atoms in total. The number of likely N-dealkylation sites (tertiary alicyclic amines) is 2. The second kappa shape index (κ2) is 7.15. The fourth-order valence-electron chi connectivity index (χ4n) is 4.18. The van der Waals surface area contributed by atoms with E-state index in [1.165, 1.54) is 0 Å². The lowest BCUT2D eigenvalue weighted by Gasteiger charge is -2.53. The molecule has 1 aromatic heterocycles. The molecule has 0 N–H and O–H groups in total. The van der Waals surface area contributed by atoms with E-state index in [4.69, 9.17) is 9.47 Å². The van der Waals surface area contributed by atoms with Crippen LogP contribution in [0.25, 0.3) is 0 Å². The number of hydrogen-bond acceptors (Lipinski definition) is 5. The molecule has 7 heteroatoms. The van der Waals surface area contributed by atoms with E-state index in [-0.39, 0.29) is 11.6 Å². The zero-order chi connectivity index (χ0) is 17.1. The topological polar surface area (TPSA) is 67.8 Å². The standard InChI is InChI=1S/C18H26N4O3/c23-17(21-7-1-2-8-21)22-13-18(14-22)11-15(4-10-25-18)3-9-24-16-12-19-5-6-20-16/h5-6,12,15H,1-4,7-11,13-14H2. The van der Waals surface area contributed by atoms with E-state index < -0.39 is 0 Å². The van der Waals surface area contributed by atoms with E-state index >= 15 is 0 Å². The van der Waals surface area contributed by atoms with Crippen molar-refractivity contribution in [3.05, 3.63) is 18.6 Å². The number of urea groups is 1. The van der Waals surface area contributed by atoms with Gasteiger partial charge in [0.25, 0.3) is 0 Å². The molecule has 0 radical (unpaired) electrons. The van der Waals surface area contributed by atoms with Gasteiger partial charge in [-0.15, -0.1) is 0 Å². The van der Waals surface area contributed by atoms with Gasteiger partial charge in [-0.1, -0.05) is 0 Å². The van der Waals surface area contributed by atoms with E-state index in [0.29, 0.717) is 18.4 Å². The normalized spacial score (nSPS) is 25.0. The number of amides is 2. The van der Waals surface area contributed by atoms with Crippen LogP contribution in [0.3, 0.4) is 0 Å². The summed E-state index contributed by atoms with van der Waals surface area (Å²) in [5.74, 6) is 1.16. The van der Waals surface area contributed by atoms with Crippen molar-refractivity contribution in [3.8, 4) is 5.88 Å². The SMILES string of the molecule is O=C(N1CCCC1)N1CC2(CC(CCOc3cnccn3)CCO2)C1. The Balaban J connectivity index is 1.22. The molecule has 0 aliphatic carbocycles. The first-order valence-corrected chi connectivity index (χ1v) is 9.31. The summed E-state index contributed by atoms with van der Waals surface area (Å²) in [6.07, 6.45) is 10.2. The summed E-state index contributed by atoms with van der Waals surface area (Å²) in [6.45, 7) is 4.72. The van der Waals surface area contributed by atoms with E-state index in [1.54, 1.807) is 18.6 Å². The van der Waals surface area contributed by atoms with Crippen molar-refractivity contribution in [2.45, 2.75) is 37.7 Å². The monoisotopic (exact) mass is 346 g/mol. The molecular weight excluding hydrogens is 320 g/mol. The summed E-state index contributed by atoms with van der Waals surface area (Å²) in [5.41, 5.74) is -0.120. The van der Waals surface area contributed by atoms with Crippen molar-refractivity contribution in [3.63, 3.8) is 0 Å². The van der Waals surface area contributed by atoms with Gasteiger partial charge in [0.05, 0.1) is 25.9 Å². The predicted molar refractivity (Wildman–Crippen MR) is 91.3 cm³/mol. The van der Waals surface area contributed by atoms with Crippen LogP contribution in [-0.2, 0) is 4.74 Å². The Labute approximate surface area is 148 Å². The molecule has 1 unspecified atom stereocenters. The Kier molecular flexibility index (Phi) is 4.74. The lowest BCUT2D eigenvalue weighted by molar-refractivity contribution is -0.167. The zero-order valence-corrected chi connectivity index (χ0v) is 14.6. The summed E-state index contributed by atoms with van der Waals surface area (Å²) >= 11 is 0. The highest BCUT2D eigenvalue weighted by atomic mass is 16.5. The molecule has 1 aromatic rings. The number of carbonyl (C=O) groups is 1. The third-order valence-electron chi connectivity index (χ3n) is 5.52. The smallest absolute Gasteiger partial charge is 0.320 e. The highest BCUT2D eigenvalue weighted by Gasteiger charge is 2.50. The molecule has 3 fully saturated rings. The van der Waals surface area contributed by atoms with Crippen molar-refractivity contribution in [1.82, 2.24) is 19.8 Å². The first kappa shape index (κ1) is 16.6. The van der Waals surface area contributed by atoms with E-state index in [1.807, 2.05) is 9.80 Å². The van der Waals surface area contributed by atoms with Crippen molar-refractivity contribution in [2.24, 2.45) is 5.92 Å². The Morgan fingerprint density at radius 2 is 2.12 bits per heavy atom. The summed E-state index contributed by atoms with van der Waals surface area (Å²) in [6, 6.07) is 0.194. The van der Waals surface area contributed by atoms with Crippen LogP contribution in [-0.4, -0.2) is 70.8 Å². The van der Waals surface area contributed by atoms with Crippen LogP contribution in [0.5, 0.6) is 5.88 Å². The van der Waals surface area contributed by atoms with E-state index in [2.05, 4.69) is 9.97 Å². The highest BCUT2D eigenvalue weighted by Crippen LogP contribution is 2.38. The van der Waals surface area contributed by atoms with Gasteiger partial charge in [-0.25, -0.2) is 9.78 Å². The molecule has 4 rings (SSSR count). The summed E-state index contributed by atoms with van der Waals surface area (Å²) in [4.78, 5) is 24.5. The number of nitrogens with zero attached hydrogens (tertiary/aromatic N) is 4. The minimum Gasteiger partial charge on any atom is -0.477 e. The van der Waals surface area contributed by atoms with Crippen molar-refractivity contribution < 1.29 is 14.3 Å². The van der Waals surface area contributed by atoms with E-state index in [9.17, 15) is 4.79 Å². The van der Waals surface area contributed by atoms with Crippen LogP contribution in [0.2, 0.25) is 0 Å². The van der Waals surface area contributed by atoms with Crippen molar-refractivity contribution in [1.29, 1.82) is 0 Å². The van der Waals surface area contributed by atoms with Gasteiger partial charge in [-0.2, -0.15) is 0 Å². The molecule has 3 aliphatic heterocycles. The molecular formula is C18H26N4O3. The van der Waals surface area contributed by atoms with Gasteiger partial charge in [-0.3, -0.25) is 4.98 Å². The molecule has 4 heterocycles. The molecule has 1 spiro atoms. The van der Waals surface area contributed by atoms with Gasteiger partial charge < -0.3 is 19.3 Å². The first-order valence-electron chi connectivity index (χ1n) is 9.31. The number of carbonyl (C=O) groups excluding carboxylic acids is 1. The summed E-state index contributed by atoms with van der Waals surface area (Å²) in [5, 5.41) is 0. The Hall–Kier alpha value is -1.89. The van der Waals surface area contributed by atoms with Gasteiger partial charge in [0, 0.05) is 32.1 Å². The van der Waals surface area contributed by atoms with Crippen LogP contribution in [0.1, 0.15) is 32.1 Å². The number of aromatic nitrogens is 2. The molecule has 0 bridgehead atoms. The highest BCUT2D eigenvalue weighted by molar-refractivity contribution is 5.76. The Morgan fingerprint density at radius 3 is 2.88 bits per heavy atom. The average Bonchev–Trinajstić information content (AvgIpc) is 3.15. The first-order chi connectivity index (χ1) is 12.2. The minimum absolute atomic E-state index is 0.120. The maximum atomic E-state index is 12.4. The fraction of sp³-hybridized carbons (Fsp3) is 0.722. The third kappa shape index (κ3) is 3.71. The molecule has 3 aliphatic rings. The summed E-state index contributed by atoms with van der Waals surface area (Å²) < 4.78 is 11.7. The number of ether oxygens (including phenoxy) is 2. The molecule has 0 saturated carbocycles. The summed E-state index contributed by atoms with van der Waals surface area (Å²) in [7, 11) is 0. The van der Waals surface area contributed by atoms with Crippen LogP contribution < -0.4 is 4.74 Å². The van der Waals surface area contributed by atoms with E-state index in [0.717, 1.165) is 64.9 Å². The van der Waals surface area contributed by atoms with Crippen LogP contribution >= 0.6 is 0 Å². The molecule has 1 atom stereocenters. The lowest BCUT2D eigenvalue weighted by atomic mass is 9.79. The second-order valence-corrected chi connectivity index (χ2v) is 7.40. The molecule has 136 valence electrons.